The van der Waals surface area contributed by atoms with E-state index in [0.29, 0.717) is 17.0 Å². The normalized spacial score (nSPS) is 12.5. The van der Waals surface area contributed by atoms with Crippen molar-refractivity contribution in [3.63, 3.8) is 0 Å². The second-order valence-corrected chi connectivity index (χ2v) is 8.10. The van der Waals surface area contributed by atoms with Crippen molar-refractivity contribution in [3.8, 4) is 0 Å². The molecule has 0 spiro atoms. The number of rotatable bonds is 6. The van der Waals surface area contributed by atoms with Crippen molar-refractivity contribution < 1.29 is 14.3 Å². The standard InChI is InChI=1S/C23H25N3O3S/c1-14-8-6-9-18(12-14)13-19(20-10-7-11-30-20)23(28)29-17(4)22(27)24-21-15(2)25-26(5)16(21)3/h6-13,17H,1-5H3,(H,24,27)/b19-13+/t17-/m1/s1. The van der Waals surface area contributed by atoms with Crippen molar-refractivity contribution in [2.24, 2.45) is 7.05 Å². The van der Waals surface area contributed by atoms with Gasteiger partial charge in [0.15, 0.2) is 6.10 Å². The summed E-state index contributed by atoms with van der Waals surface area (Å²) >= 11 is 1.45. The minimum absolute atomic E-state index is 0.399. The summed E-state index contributed by atoms with van der Waals surface area (Å²) < 4.78 is 7.22. The molecule has 0 aliphatic rings. The third-order valence-corrected chi connectivity index (χ3v) is 5.67. The lowest BCUT2D eigenvalue weighted by Gasteiger charge is -2.15. The first-order valence-corrected chi connectivity index (χ1v) is 10.5. The Morgan fingerprint density at radius 1 is 1.20 bits per heavy atom. The highest BCUT2D eigenvalue weighted by Gasteiger charge is 2.23. The highest BCUT2D eigenvalue weighted by Crippen LogP contribution is 2.25. The van der Waals surface area contributed by atoms with Crippen LogP contribution in [0.25, 0.3) is 11.6 Å². The maximum atomic E-state index is 13.0. The molecule has 0 unspecified atom stereocenters. The molecule has 6 nitrogen and oxygen atoms in total. The molecule has 2 heterocycles. The van der Waals surface area contributed by atoms with Gasteiger partial charge >= 0.3 is 5.97 Å². The van der Waals surface area contributed by atoms with Gasteiger partial charge in [-0.25, -0.2) is 4.79 Å². The first kappa shape index (κ1) is 21.5. The van der Waals surface area contributed by atoms with Gasteiger partial charge in [0.05, 0.1) is 22.6 Å². The van der Waals surface area contributed by atoms with Crippen LogP contribution < -0.4 is 5.32 Å². The Morgan fingerprint density at radius 2 is 1.97 bits per heavy atom. The fraction of sp³-hybridized carbons (Fsp3) is 0.261. The maximum absolute atomic E-state index is 13.0. The Bertz CT molecular complexity index is 1100. The summed E-state index contributed by atoms with van der Waals surface area (Å²) in [5.74, 6) is -0.940. The third kappa shape index (κ3) is 4.86. The quantitative estimate of drug-likeness (QED) is 0.467. The monoisotopic (exact) mass is 423 g/mol. The molecule has 0 fully saturated rings. The van der Waals surface area contributed by atoms with Crippen LogP contribution in [0.3, 0.4) is 0 Å². The van der Waals surface area contributed by atoms with E-state index < -0.39 is 18.0 Å². The minimum atomic E-state index is -0.961. The van der Waals surface area contributed by atoms with Crippen molar-refractivity contribution in [1.29, 1.82) is 0 Å². The minimum Gasteiger partial charge on any atom is -0.449 e. The predicted molar refractivity (Wildman–Crippen MR) is 120 cm³/mol. The number of anilines is 1. The molecule has 0 bridgehead atoms. The zero-order valence-corrected chi connectivity index (χ0v) is 18.5. The maximum Gasteiger partial charge on any atom is 0.340 e. The number of amides is 1. The number of hydrogen-bond acceptors (Lipinski definition) is 5. The van der Waals surface area contributed by atoms with Crippen molar-refractivity contribution >= 4 is 40.5 Å². The molecule has 30 heavy (non-hydrogen) atoms. The van der Waals surface area contributed by atoms with Crippen LogP contribution in [0.4, 0.5) is 5.69 Å². The first-order valence-electron chi connectivity index (χ1n) is 9.60. The van der Waals surface area contributed by atoms with Crippen LogP contribution in [-0.4, -0.2) is 27.8 Å². The smallest absolute Gasteiger partial charge is 0.340 e. The van der Waals surface area contributed by atoms with Gasteiger partial charge in [0.25, 0.3) is 5.91 Å². The number of hydrogen-bond donors (Lipinski definition) is 1. The second-order valence-electron chi connectivity index (χ2n) is 7.16. The van der Waals surface area contributed by atoms with E-state index >= 15 is 0 Å². The number of nitrogens with one attached hydrogen (secondary N) is 1. The Kier molecular flexibility index (Phi) is 6.52. The van der Waals surface area contributed by atoms with Crippen LogP contribution in [-0.2, 0) is 21.4 Å². The summed E-state index contributed by atoms with van der Waals surface area (Å²) in [5, 5.41) is 9.00. The summed E-state index contributed by atoms with van der Waals surface area (Å²) in [5.41, 5.74) is 4.59. The molecule has 1 aromatic carbocycles. The lowest BCUT2D eigenvalue weighted by molar-refractivity contribution is -0.147. The molecule has 1 N–H and O–H groups in total. The third-order valence-electron chi connectivity index (χ3n) is 4.77. The number of aryl methyl sites for hydroxylation is 3. The van der Waals surface area contributed by atoms with E-state index in [0.717, 1.165) is 21.7 Å². The summed E-state index contributed by atoms with van der Waals surface area (Å²) in [7, 11) is 1.81. The Morgan fingerprint density at radius 3 is 2.57 bits per heavy atom. The van der Waals surface area contributed by atoms with E-state index in [4.69, 9.17) is 4.74 Å². The number of ether oxygens (including phenoxy) is 1. The van der Waals surface area contributed by atoms with E-state index in [1.165, 1.54) is 11.3 Å². The summed E-state index contributed by atoms with van der Waals surface area (Å²) in [6.07, 6.45) is 0.832. The van der Waals surface area contributed by atoms with Crippen LogP contribution in [0, 0.1) is 20.8 Å². The number of benzene rings is 1. The predicted octanol–water partition coefficient (Wildman–Crippen LogP) is 4.52. The molecule has 0 aliphatic carbocycles. The fourth-order valence-electron chi connectivity index (χ4n) is 3.05. The average molecular weight is 424 g/mol. The molecule has 1 amide bonds. The van der Waals surface area contributed by atoms with Gasteiger partial charge in [-0.2, -0.15) is 5.10 Å². The molecular formula is C23H25N3O3S. The van der Waals surface area contributed by atoms with Crippen molar-refractivity contribution in [2.75, 3.05) is 5.32 Å². The van der Waals surface area contributed by atoms with Gasteiger partial charge in [-0.1, -0.05) is 35.9 Å². The molecule has 0 saturated carbocycles. The molecule has 3 aromatic rings. The van der Waals surface area contributed by atoms with Gasteiger partial charge in [0.1, 0.15) is 0 Å². The molecule has 2 aromatic heterocycles. The van der Waals surface area contributed by atoms with Gasteiger partial charge < -0.3 is 10.1 Å². The van der Waals surface area contributed by atoms with Gasteiger partial charge in [0, 0.05) is 11.9 Å². The zero-order valence-electron chi connectivity index (χ0n) is 17.7. The topological polar surface area (TPSA) is 73.2 Å². The number of carbonyl (C=O) groups excluding carboxylic acids is 2. The van der Waals surface area contributed by atoms with E-state index in [9.17, 15) is 9.59 Å². The van der Waals surface area contributed by atoms with Gasteiger partial charge in [-0.05, 0) is 50.8 Å². The van der Waals surface area contributed by atoms with Crippen LogP contribution >= 0.6 is 11.3 Å². The van der Waals surface area contributed by atoms with E-state index in [-0.39, 0.29) is 0 Å². The largest absolute Gasteiger partial charge is 0.449 e. The van der Waals surface area contributed by atoms with E-state index in [1.807, 2.05) is 69.6 Å². The van der Waals surface area contributed by atoms with Crippen LogP contribution in [0.15, 0.2) is 41.8 Å². The molecule has 0 aliphatic heterocycles. The summed E-state index contributed by atoms with van der Waals surface area (Å²) in [6.45, 7) is 7.24. The zero-order chi connectivity index (χ0) is 21.8. The summed E-state index contributed by atoms with van der Waals surface area (Å²) in [4.78, 5) is 26.4. The van der Waals surface area contributed by atoms with Crippen molar-refractivity contribution in [2.45, 2.75) is 33.8 Å². The lowest BCUT2D eigenvalue weighted by Crippen LogP contribution is -2.30. The number of aromatic nitrogens is 2. The Labute approximate surface area is 180 Å². The molecule has 3 rings (SSSR count). The number of nitrogens with zero attached hydrogens (tertiary/aromatic N) is 2. The molecule has 156 valence electrons. The fourth-order valence-corrected chi connectivity index (χ4v) is 3.78. The number of carbonyl (C=O) groups is 2. The molecule has 0 saturated heterocycles. The summed E-state index contributed by atoms with van der Waals surface area (Å²) in [6, 6.07) is 11.6. The highest BCUT2D eigenvalue weighted by molar-refractivity contribution is 7.11. The Balaban J connectivity index is 1.79. The highest BCUT2D eigenvalue weighted by atomic mass is 32.1. The van der Waals surface area contributed by atoms with Crippen LogP contribution in [0.2, 0.25) is 0 Å². The average Bonchev–Trinajstić information content (AvgIpc) is 3.30. The van der Waals surface area contributed by atoms with Crippen LogP contribution in [0.5, 0.6) is 0 Å². The molecule has 1 atom stereocenters. The molecule has 0 radical (unpaired) electrons. The lowest BCUT2D eigenvalue weighted by atomic mass is 10.1. The number of esters is 1. The second kappa shape index (κ2) is 9.09. The molecule has 7 heteroatoms. The molecular weight excluding hydrogens is 398 g/mol. The van der Waals surface area contributed by atoms with Crippen LogP contribution in [0.1, 0.15) is 34.3 Å². The van der Waals surface area contributed by atoms with E-state index in [1.54, 1.807) is 17.7 Å². The van der Waals surface area contributed by atoms with Gasteiger partial charge in [-0.3, -0.25) is 9.48 Å². The van der Waals surface area contributed by atoms with Crippen molar-refractivity contribution in [1.82, 2.24) is 9.78 Å². The first-order chi connectivity index (χ1) is 14.3. The van der Waals surface area contributed by atoms with Crippen molar-refractivity contribution in [3.05, 3.63) is 69.2 Å². The van der Waals surface area contributed by atoms with Gasteiger partial charge in [-0.15, -0.1) is 11.3 Å². The van der Waals surface area contributed by atoms with Gasteiger partial charge in [0.2, 0.25) is 0 Å². The number of thiophene rings is 1. The Hall–Kier alpha value is -3.19. The SMILES string of the molecule is Cc1cccc(/C=C(/C(=O)O[C@H](C)C(=O)Nc2c(C)nn(C)c2C)c2cccs2)c1. The van der Waals surface area contributed by atoms with E-state index in [2.05, 4.69) is 10.4 Å².